The molecule has 2 aromatic carbocycles. The number of aromatic nitrogens is 1. The van der Waals surface area contributed by atoms with Gasteiger partial charge in [-0.2, -0.15) is 5.26 Å². The SMILES string of the molecule is N#C/C(=C/c1ccc(Cl)c(Cl)c1)c1c[nH]c2ccccc12. The molecule has 0 bridgehead atoms. The Hall–Kier alpha value is -2.21. The molecule has 0 aliphatic heterocycles. The average Bonchev–Trinajstić information content (AvgIpc) is 2.92. The van der Waals surface area contributed by atoms with E-state index in [1.165, 1.54) is 0 Å². The summed E-state index contributed by atoms with van der Waals surface area (Å²) in [6.45, 7) is 0. The second kappa shape index (κ2) is 5.65. The monoisotopic (exact) mass is 312 g/mol. The van der Waals surface area contributed by atoms with Crippen molar-refractivity contribution in [1.29, 1.82) is 5.26 Å². The van der Waals surface area contributed by atoms with Crippen molar-refractivity contribution < 1.29 is 0 Å². The second-order valence-electron chi connectivity index (χ2n) is 4.59. The van der Waals surface area contributed by atoms with Crippen molar-refractivity contribution in [2.24, 2.45) is 0 Å². The molecule has 0 aliphatic rings. The van der Waals surface area contributed by atoms with Gasteiger partial charge in [0, 0.05) is 22.7 Å². The van der Waals surface area contributed by atoms with Gasteiger partial charge >= 0.3 is 0 Å². The van der Waals surface area contributed by atoms with Crippen LogP contribution in [-0.4, -0.2) is 4.98 Å². The lowest BCUT2D eigenvalue weighted by Crippen LogP contribution is -1.81. The number of nitriles is 1. The van der Waals surface area contributed by atoms with Gasteiger partial charge in [-0.15, -0.1) is 0 Å². The lowest BCUT2D eigenvalue weighted by molar-refractivity contribution is 1.46. The molecule has 2 nitrogen and oxygen atoms in total. The minimum absolute atomic E-state index is 0.474. The molecular formula is C17H10Cl2N2. The number of hydrogen-bond acceptors (Lipinski definition) is 1. The Morgan fingerprint density at radius 2 is 1.90 bits per heavy atom. The van der Waals surface area contributed by atoms with E-state index < -0.39 is 0 Å². The first-order valence-corrected chi connectivity index (χ1v) is 7.08. The number of hydrogen-bond donors (Lipinski definition) is 1. The second-order valence-corrected chi connectivity index (χ2v) is 5.41. The predicted octanol–water partition coefficient (Wildman–Crippen LogP) is 5.54. The smallest absolute Gasteiger partial charge is 0.0998 e. The fraction of sp³-hybridized carbons (Fsp3) is 0. The molecule has 0 radical (unpaired) electrons. The lowest BCUT2D eigenvalue weighted by Gasteiger charge is -2.00. The van der Waals surface area contributed by atoms with Crippen molar-refractivity contribution in [3.05, 3.63) is 69.8 Å². The number of H-pyrrole nitrogens is 1. The van der Waals surface area contributed by atoms with Crippen molar-refractivity contribution in [2.75, 3.05) is 0 Å². The van der Waals surface area contributed by atoms with E-state index in [0.29, 0.717) is 15.6 Å². The Balaban J connectivity index is 2.11. The van der Waals surface area contributed by atoms with Crippen LogP contribution in [0.1, 0.15) is 11.1 Å². The quantitative estimate of drug-likeness (QED) is 0.620. The highest BCUT2D eigenvalue weighted by Crippen LogP contribution is 2.28. The molecular weight excluding hydrogens is 303 g/mol. The number of rotatable bonds is 2. The zero-order valence-electron chi connectivity index (χ0n) is 10.9. The van der Waals surface area contributed by atoms with Crippen LogP contribution >= 0.6 is 23.2 Å². The molecule has 21 heavy (non-hydrogen) atoms. The molecule has 0 aliphatic carbocycles. The van der Waals surface area contributed by atoms with Crippen LogP contribution in [0.15, 0.2) is 48.7 Å². The van der Waals surface area contributed by atoms with E-state index in [2.05, 4.69) is 11.1 Å². The first kappa shape index (κ1) is 13.8. The summed E-state index contributed by atoms with van der Waals surface area (Å²) in [7, 11) is 0. The largest absolute Gasteiger partial charge is 0.361 e. The molecule has 0 saturated heterocycles. The van der Waals surface area contributed by atoms with Gasteiger partial charge in [-0.3, -0.25) is 0 Å². The van der Waals surface area contributed by atoms with Crippen LogP contribution < -0.4 is 0 Å². The van der Waals surface area contributed by atoms with Gasteiger partial charge in [0.15, 0.2) is 0 Å². The highest BCUT2D eigenvalue weighted by Gasteiger charge is 2.08. The maximum atomic E-state index is 9.45. The predicted molar refractivity (Wildman–Crippen MR) is 88.2 cm³/mol. The van der Waals surface area contributed by atoms with E-state index >= 15 is 0 Å². The highest BCUT2D eigenvalue weighted by molar-refractivity contribution is 6.42. The van der Waals surface area contributed by atoms with Crippen LogP contribution in [0.5, 0.6) is 0 Å². The summed E-state index contributed by atoms with van der Waals surface area (Å²) in [4.78, 5) is 3.17. The molecule has 3 rings (SSSR count). The van der Waals surface area contributed by atoms with Gasteiger partial charge < -0.3 is 4.98 Å². The van der Waals surface area contributed by atoms with Crippen molar-refractivity contribution in [2.45, 2.75) is 0 Å². The summed E-state index contributed by atoms with van der Waals surface area (Å²) < 4.78 is 0. The van der Waals surface area contributed by atoms with Crippen molar-refractivity contribution in [3.63, 3.8) is 0 Å². The summed E-state index contributed by atoms with van der Waals surface area (Å²) in [6.07, 6.45) is 3.65. The average molecular weight is 313 g/mol. The van der Waals surface area contributed by atoms with Crippen molar-refractivity contribution in [1.82, 2.24) is 4.98 Å². The molecule has 1 N–H and O–H groups in total. The molecule has 0 amide bonds. The topological polar surface area (TPSA) is 39.6 Å². The summed E-state index contributed by atoms with van der Waals surface area (Å²) >= 11 is 11.9. The maximum Gasteiger partial charge on any atom is 0.0998 e. The van der Waals surface area contributed by atoms with E-state index in [1.54, 1.807) is 18.2 Å². The Labute approximate surface area is 132 Å². The van der Waals surface area contributed by atoms with Crippen LogP contribution in [0.2, 0.25) is 10.0 Å². The van der Waals surface area contributed by atoms with E-state index in [0.717, 1.165) is 22.0 Å². The number of nitrogens with zero attached hydrogens (tertiary/aromatic N) is 1. The van der Waals surface area contributed by atoms with Gasteiger partial charge in [0.2, 0.25) is 0 Å². The number of para-hydroxylation sites is 1. The molecule has 3 aromatic rings. The van der Waals surface area contributed by atoms with E-state index in [4.69, 9.17) is 23.2 Å². The van der Waals surface area contributed by atoms with Crippen LogP contribution in [0.25, 0.3) is 22.6 Å². The van der Waals surface area contributed by atoms with Crippen molar-refractivity contribution in [3.8, 4) is 6.07 Å². The van der Waals surface area contributed by atoms with Gasteiger partial charge in [-0.05, 0) is 29.8 Å². The lowest BCUT2D eigenvalue weighted by atomic mass is 10.0. The minimum Gasteiger partial charge on any atom is -0.361 e. The number of benzene rings is 2. The highest BCUT2D eigenvalue weighted by atomic mass is 35.5. The molecule has 0 spiro atoms. The third-order valence-electron chi connectivity index (χ3n) is 3.25. The van der Waals surface area contributed by atoms with Crippen LogP contribution in [0.4, 0.5) is 0 Å². The van der Waals surface area contributed by atoms with E-state index in [9.17, 15) is 5.26 Å². The van der Waals surface area contributed by atoms with Crippen LogP contribution in [0, 0.1) is 11.3 Å². The van der Waals surface area contributed by atoms with Gasteiger partial charge in [-0.1, -0.05) is 47.5 Å². The number of allylic oxidation sites excluding steroid dienone is 1. The third-order valence-corrected chi connectivity index (χ3v) is 3.99. The molecule has 0 atom stereocenters. The third kappa shape index (κ3) is 2.67. The first-order valence-electron chi connectivity index (χ1n) is 6.32. The molecule has 1 heterocycles. The Bertz CT molecular complexity index is 885. The molecule has 4 heteroatoms. The van der Waals surface area contributed by atoms with Gasteiger partial charge in [0.1, 0.15) is 0 Å². The molecule has 0 saturated carbocycles. The van der Waals surface area contributed by atoms with Gasteiger partial charge in [0.25, 0.3) is 0 Å². The number of fused-ring (bicyclic) bond motifs is 1. The summed E-state index contributed by atoms with van der Waals surface area (Å²) in [5, 5.41) is 11.4. The summed E-state index contributed by atoms with van der Waals surface area (Å²) in [5.74, 6) is 0. The number of halogens is 2. The molecule has 0 unspecified atom stereocenters. The standard InChI is InChI=1S/C17H10Cl2N2/c18-15-6-5-11(8-16(15)19)7-12(9-20)14-10-21-17-4-2-1-3-13(14)17/h1-8,10,21H/b12-7-. The van der Waals surface area contributed by atoms with E-state index in [1.807, 2.05) is 36.5 Å². The minimum atomic E-state index is 0.474. The van der Waals surface area contributed by atoms with Gasteiger partial charge in [0.05, 0.1) is 21.7 Å². The van der Waals surface area contributed by atoms with Gasteiger partial charge in [-0.25, -0.2) is 0 Å². The Morgan fingerprint density at radius 3 is 2.67 bits per heavy atom. The fourth-order valence-electron chi connectivity index (χ4n) is 2.23. The van der Waals surface area contributed by atoms with Crippen molar-refractivity contribution >= 4 is 45.8 Å². The first-order chi connectivity index (χ1) is 10.2. The molecule has 0 fully saturated rings. The normalized spacial score (nSPS) is 11.6. The number of nitrogens with one attached hydrogen (secondary N) is 1. The molecule has 102 valence electrons. The Kier molecular flexibility index (Phi) is 3.70. The van der Waals surface area contributed by atoms with E-state index in [-0.39, 0.29) is 0 Å². The molecule has 1 aromatic heterocycles. The zero-order valence-corrected chi connectivity index (χ0v) is 12.4. The fourth-order valence-corrected chi connectivity index (χ4v) is 2.54. The van der Waals surface area contributed by atoms with Crippen LogP contribution in [0.3, 0.4) is 0 Å². The summed E-state index contributed by atoms with van der Waals surface area (Å²) in [6, 6.07) is 15.4. The zero-order chi connectivity index (χ0) is 14.8. The maximum absolute atomic E-state index is 9.45. The summed E-state index contributed by atoms with van der Waals surface area (Å²) in [5.41, 5.74) is 3.29. The van der Waals surface area contributed by atoms with Crippen LogP contribution in [-0.2, 0) is 0 Å². The Morgan fingerprint density at radius 1 is 1.10 bits per heavy atom. The number of aromatic amines is 1.